The van der Waals surface area contributed by atoms with Gasteiger partial charge in [-0.15, -0.1) is 0 Å². The molecule has 0 unspecified atom stereocenters. The van der Waals surface area contributed by atoms with Crippen LogP contribution in [0.1, 0.15) is 119 Å². The highest BCUT2D eigenvalue weighted by Crippen LogP contribution is 2.24. The zero-order valence-electron chi connectivity index (χ0n) is 43.4. The minimum Gasteiger partial charge on any atom is -0.445 e. The van der Waals surface area contributed by atoms with E-state index in [1.54, 1.807) is 71.0 Å². The largest absolute Gasteiger partial charge is 0.445 e. The Bertz CT molecular complexity index is 1940. The van der Waals surface area contributed by atoms with Crippen LogP contribution in [0.4, 0.5) is 15.3 Å². The number of hydrogen-bond acceptors (Lipinski definition) is 11. The monoisotopic (exact) mass is 984 g/mol. The first-order chi connectivity index (χ1) is 33.0. The summed E-state index contributed by atoms with van der Waals surface area (Å²) in [4.78, 5) is 120. The molecule has 0 aliphatic carbocycles. The van der Waals surface area contributed by atoms with Crippen molar-refractivity contribution in [2.75, 3.05) is 39.6 Å². The molecule has 1 aromatic carbocycles. The van der Waals surface area contributed by atoms with Crippen LogP contribution in [0.2, 0.25) is 0 Å². The minimum absolute atomic E-state index is 0.107. The Kier molecular flexibility index (Phi) is 25.6. The van der Waals surface area contributed by atoms with Gasteiger partial charge in [-0.2, -0.15) is 0 Å². The lowest BCUT2D eigenvalue weighted by atomic mass is 9.90. The van der Waals surface area contributed by atoms with E-state index in [9.17, 15) is 43.2 Å². The van der Waals surface area contributed by atoms with Crippen LogP contribution in [0.15, 0.2) is 36.4 Å². The average Bonchev–Trinajstić information content (AvgIpc) is 3.63. The Morgan fingerprint density at radius 3 is 1.86 bits per heavy atom. The first kappa shape index (κ1) is 60.1. The molecule has 1 aliphatic rings. The van der Waals surface area contributed by atoms with Crippen LogP contribution < -0.4 is 32.3 Å². The van der Waals surface area contributed by atoms with Gasteiger partial charge in [-0.25, -0.2) is 9.59 Å². The summed E-state index contributed by atoms with van der Waals surface area (Å²) in [6.45, 7) is 17.2. The van der Waals surface area contributed by atoms with Gasteiger partial charge in [0.15, 0.2) is 0 Å². The molecule has 0 saturated heterocycles. The van der Waals surface area contributed by atoms with E-state index >= 15 is 0 Å². The summed E-state index contributed by atoms with van der Waals surface area (Å²) in [6, 6.07) is 1.65. The molecule has 0 bridgehead atoms. The first-order valence-electron chi connectivity index (χ1n) is 24.5. The van der Waals surface area contributed by atoms with Crippen molar-refractivity contribution in [2.45, 2.75) is 157 Å². The summed E-state index contributed by atoms with van der Waals surface area (Å²) < 4.78 is 11.4. The number of methoxy groups -OCH3 is 1. The Morgan fingerprint density at radius 2 is 1.33 bits per heavy atom. The molecule has 20 nitrogen and oxygen atoms in total. The number of urea groups is 1. The molecule has 0 fully saturated rings. The normalized spacial score (nSPS) is 15.4. The molecule has 7 atom stereocenters. The van der Waals surface area contributed by atoms with Gasteiger partial charge < -0.3 is 46.7 Å². The lowest BCUT2D eigenvalue weighted by molar-refractivity contribution is -0.143. The highest BCUT2D eigenvalue weighted by molar-refractivity contribution is 6.12. The Hall–Kier alpha value is -6.05. The van der Waals surface area contributed by atoms with Crippen LogP contribution in [0.3, 0.4) is 0 Å². The number of ether oxygens (including phenoxy) is 2. The number of likely N-dealkylation sites (N-methyl/N-ethyl adjacent to an activating group) is 2. The second-order valence-corrected chi connectivity index (χ2v) is 19.0. The van der Waals surface area contributed by atoms with Gasteiger partial charge in [0.25, 0.3) is 11.8 Å². The van der Waals surface area contributed by atoms with Gasteiger partial charge in [0.2, 0.25) is 29.5 Å². The number of imide groups is 1. The predicted octanol–water partition coefficient (Wildman–Crippen LogP) is 4.22. The maximum atomic E-state index is 14.0. The van der Waals surface area contributed by atoms with Gasteiger partial charge in [-0.05, 0) is 73.5 Å². The number of unbranched alkanes of at least 4 members (excludes halogenated alkanes) is 2. The zero-order valence-corrected chi connectivity index (χ0v) is 43.4. The number of carbonyl (C=O) groups is 9. The molecule has 0 aromatic heterocycles. The SMILES string of the molecule is CC[C@H](OC)[C@H]([C@@H](C)CC)N(C)C(=O)[C@@H](NC(=O)[C@H](C(C)C)N(C)C(=O)OCc1ccc(NC(=O)[C@H](CCCNC(N)=O)NC(=O)[C@@H](NC(=O)CCCCCN2C(=O)C=CC2=O)C(C)C)cc1)C(C)C. The molecule has 7 N–H and O–H groups in total. The lowest BCUT2D eigenvalue weighted by Crippen LogP contribution is -2.60. The number of rotatable bonds is 30. The fourth-order valence-electron chi connectivity index (χ4n) is 8.32. The Labute approximate surface area is 414 Å². The summed E-state index contributed by atoms with van der Waals surface area (Å²) in [5.41, 5.74) is 6.15. The van der Waals surface area contributed by atoms with Crippen LogP contribution in [-0.2, 0) is 49.6 Å². The highest BCUT2D eigenvalue weighted by atomic mass is 16.6. The number of primary amides is 1. The third kappa shape index (κ3) is 18.7. The zero-order chi connectivity index (χ0) is 52.8. The van der Waals surface area contributed by atoms with Gasteiger partial charge >= 0.3 is 12.1 Å². The van der Waals surface area contributed by atoms with Crippen molar-refractivity contribution in [2.24, 2.45) is 29.4 Å². The number of nitrogens with zero attached hydrogens (tertiary/aromatic N) is 3. The van der Waals surface area contributed by atoms with E-state index in [1.807, 2.05) is 20.8 Å². The van der Waals surface area contributed by atoms with Crippen LogP contribution in [-0.4, -0.2) is 139 Å². The molecule has 0 saturated carbocycles. The predicted molar refractivity (Wildman–Crippen MR) is 265 cm³/mol. The fourth-order valence-corrected chi connectivity index (χ4v) is 8.32. The van der Waals surface area contributed by atoms with E-state index in [0.717, 1.165) is 11.3 Å². The smallest absolute Gasteiger partial charge is 0.410 e. The third-order valence-electron chi connectivity index (χ3n) is 12.6. The number of benzene rings is 1. The highest BCUT2D eigenvalue weighted by Gasteiger charge is 2.39. The fraction of sp³-hybridized carbons (Fsp3) is 0.660. The maximum absolute atomic E-state index is 14.0. The van der Waals surface area contributed by atoms with E-state index in [0.29, 0.717) is 36.9 Å². The molecule has 392 valence electrons. The van der Waals surface area contributed by atoms with Crippen molar-refractivity contribution in [3.8, 4) is 0 Å². The Morgan fingerprint density at radius 1 is 0.714 bits per heavy atom. The molecule has 0 spiro atoms. The van der Waals surface area contributed by atoms with Gasteiger partial charge in [0.1, 0.15) is 30.8 Å². The topological polar surface area (TPSA) is 268 Å². The summed E-state index contributed by atoms with van der Waals surface area (Å²) in [6.07, 6.45) is 5.09. The van der Waals surface area contributed by atoms with Crippen molar-refractivity contribution >= 4 is 59.2 Å². The third-order valence-corrected chi connectivity index (χ3v) is 12.6. The molecule has 0 radical (unpaired) electrons. The second-order valence-electron chi connectivity index (χ2n) is 19.0. The average molecular weight is 984 g/mol. The van der Waals surface area contributed by atoms with Crippen LogP contribution in [0.5, 0.6) is 0 Å². The molecule has 1 aliphatic heterocycles. The molecule has 1 aromatic rings. The first-order valence-corrected chi connectivity index (χ1v) is 24.5. The van der Waals surface area contributed by atoms with E-state index in [-0.39, 0.29) is 98.4 Å². The molecule has 10 amide bonds. The standard InChI is InChI=1S/C50H81N9O11/c1-13-33(9)44(37(14-2)69-12)57(10)48(66)42(31(5)6)56-47(65)43(32(7)8)58(11)50(68)70-29-34-21-23-35(24-22-34)53-45(63)36(19-18-27-52-49(51)67)54-46(64)41(30(3)4)55-38(60)20-16-15-17-28-59-39(61)25-26-40(59)62/h21-26,30-33,36-37,41-44H,13-20,27-29H2,1-12H3,(H,53,63)(H,54,64)(H,55,60)(H,56,65)(H3,51,52,67)/t33-,36-,37-,41-,42-,43-,44-/m0/s1. The van der Waals surface area contributed by atoms with Gasteiger partial charge in [-0.1, -0.05) is 87.3 Å². The van der Waals surface area contributed by atoms with Crippen molar-refractivity contribution in [3.05, 3.63) is 42.0 Å². The molecular weight excluding hydrogens is 903 g/mol. The van der Waals surface area contributed by atoms with Crippen molar-refractivity contribution in [3.63, 3.8) is 0 Å². The van der Waals surface area contributed by atoms with E-state index in [4.69, 9.17) is 15.2 Å². The maximum Gasteiger partial charge on any atom is 0.410 e. The number of carbonyl (C=O) groups excluding carboxylic acids is 9. The molecular formula is C50H81N9O11. The molecule has 1 heterocycles. The van der Waals surface area contributed by atoms with Gasteiger partial charge in [0, 0.05) is 58.6 Å². The number of nitrogens with one attached hydrogen (secondary N) is 5. The minimum atomic E-state index is -1.08. The molecule has 20 heteroatoms. The van der Waals surface area contributed by atoms with Crippen molar-refractivity contribution < 1.29 is 52.6 Å². The Balaban J connectivity index is 2.08. The van der Waals surface area contributed by atoms with Crippen molar-refractivity contribution in [1.82, 2.24) is 36.0 Å². The van der Waals surface area contributed by atoms with Crippen molar-refractivity contribution in [1.29, 1.82) is 0 Å². The van der Waals surface area contributed by atoms with E-state index < -0.39 is 54.0 Å². The summed E-state index contributed by atoms with van der Waals surface area (Å²) in [7, 11) is 4.85. The van der Waals surface area contributed by atoms with Crippen LogP contribution >= 0.6 is 0 Å². The van der Waals surface area contributed by atoms with E-state index in [1.165, 1.54) is 24.1 Å². The van der Waals surface area contributed by atoms with Gasteiger partial charge in [-0.3, -0.25) is 43.4 Å². The number of hydrogen-bond donors (Lipinski definition) is 6. The molecule has 70 heavy (non-hydrogen) atoms. The summed E-state index contributed by atoms with van der Waals surface area (Å²) in [5, 5.41) is 13.7. The van der Waals surface area contributed by atoms with Crippen LogP contribution in [0, 0.1) is 23.7 Å². The van der Waals surface area contributed by atoms with Gasteiger partial charge in [0.05, 0.1) is 12.1 Å². The second kappa shape index (κ2) is 29.9. The summed E-state index contributed by atoms with van der Waals surface area (Å²) >= 11 is 0. The quantitative estimate of drug-likeness (QED) is 0.0470. The number of nitrogens with two attached hydrogens (primary N) is 1. The van der Waals surface area contributed by atoms with E-state index in [2.05, 4.69) is 40.4 Å². The lowest BCUT2D eigenvalue weighted by Gasteiger charge is -2.40. The van der Waals surface area contributed by atoms with Crippen LogP contribution in [0.25, 0.3) is 0 Å². The number of anilines is 1. The molecule has 2 rings (SSSR count). The summed E-state index contributed by atoms with van der Waals surface area (Å²) in [5.74, 6) is -3.79. The number of amides is 10.